The Kier molecular flexibility index (Phi) is 5.57. The second kappa shape index (κ2) is 4.05. The molecule has 0 fully saturated rings. The van der Waals surface area contributed by atoms with Gasteiger partial charge in [-0.15, -0.1) is 0 Å². The summed E-state index contributed by atoms with van der Waals surface area (Å²) in [6.45, 7) is 10.6. The molecule has 0 unspecified atom stereocenters. The summed E-state index contributed by atoms with van der Waals surface area (Å²) in [5.41, 5.74) is 0. The molecule has 2 heteroatoms. The van der Waals surface area contributed by atoms with Gasteiger partial charge in [0.1, 0.15) is 0 Å². The Labute approximate surface area is 52.4 Å². The largest absolute Gasteiger partial charge is 0.870 e. The minimum Gasteiger partial charge on any atom is -0.870 e. The van der Waals surface area contributed by atoms with Crippen LogP contribution in [0.15, 0.2) is 12.7 Å². The van der Waals surface area contributed by atoms with E-state index in [1.165, 1.54) is 6.16 Å². The zero-order chi connectivity index (χ0) is 5.91. The molecule has 0 saturated heterocycles. The molecule has 0 radical (unpaired) electrons. The van der Waals surface area contributed by atoms with Crippen LogP contribution in [0.25, 0.3) is 0 Å². The third kappa shape index (κ3) is 9.46. The monoisotopic (exact) mass is 134 g/mol. The molecule has 0 heterocycles. The van der Waals surface area contributed by atoms with E-state index in [0.29, 0.717) is 0 Å². The maximum Gasteiger partial charge on any atom is 0.0762 e. The van der Waals surface area contributed by atoms with Gasteiger partial charge in [-0.3, -0.25) is 0 Å². The van der Waals surface area contributed by atoms with Crippen molar-refractivity contribution in [3.63, 3.8) is 0 Å². The molecule has 0 rings (SSSR count). The van der Waals surface area contributed by atoms with Gasteiger partial charge in [-0.1, -0.05) is 12.7 Å². The number of hydrogen-bond acceptors (Lipinski definition) is 1. The van der Waals surface area contributed by atoms with Gasteiger partial charge < -0.3 is 5.48 Å². The molecule has 0 atom stereocenters. The average Bonchev–Trinajstić information content (AvgIpc) is 1.30. The maximum atomic E-state index is 3.67. The molecule has 0 aliphatic carbocycles. The minimum atomic E-state index is -0.534. The first-order chi connectivity index (χ1) is 3.06. The van der Waals surface area contributed by atoms with E-state index in [9.17, 15) is 0 Å². The Hall–Kier alpha value is 0.130. The molecule has 0 aromatic rings. The third-order valence-corrected chi connectivity index (χ3v) is 2.03. The first-order valence-electron chi connectivity index (χ1n) is 2.47. The molecule has 1 nitrogen and oxygen atoms in total. The molecule has 0 aromatic heterocycles. The van der Waals surface area contributed by atoms with Gasteiger partial charge in [0.15, 0.2) is 0 Å². The topological polar surface area (TPSA) is 30.0 Å². The zero-order valence-corrected chi connectivity index (χ0v) is 6.78. The Bertz CT molecular complexity index is 63.4. The van der Waals surface area contributed by atoms with E-state index in [1.807, 2.05) is 6.08 Å². The van der Waals surface area contributed by atoms with Crippen LogP contribution in [0.2, 0.25) is 0 Å². The van der Waals surface area contributed by atoms with Gasteiger partial charge in [-0.2, -0.15) is 0 Å². The van der Waals surface area contributed by atoms with Gasteiger partial charge in [-0.25, -0.2) is 0 Å². The second-order valence-corrected chi connectivity index (χ2v) is 7.71. The second-order valence-electron chi connectivity index (χ2n) is 2.76. The Balaban J connectivity index is 0. The molecule has 0 aliphatic heterocycles. The molecule has 0 bridgehead atoms. The molecule has 0 aromatic carbocycles. The van der Waals surface area contributed by atoms with Gasteiger partial charge in [0.2, 0.25) is 0 Å². The summed E-state index contributed by atoms with van der Waals surface area (Å²) in [7, 11) is -0.534. The summed E-state index contributed by atoms with van der Waals surface area (Å²) in [4.78, 5) is 0. The van der Waals surface area contributed by atoms with Crippen LogP contribution in [0.1, 0.15) is 0 Å². The van der Waals surface area contributed by atoms with Crippen molar-refractivity contribution in [1.29, 1.82) is 0 Å². The predicted molar refractivity (Wildman–Crippen MR) is 41.7 cm³/mol. The Morgan fingerprint density at radius 3 is 1.75 bits per heavy atom. The van der Waals surface area contributed by atoms with Gasteiger partial charge in [0.05, 0.1) is 6.16 Å². The summed E-state index contributed by atoms with van der Waals surface area (Å²) in [6.07, 6.45) is 3.22. The fraction of sp³-hybridized carbons (Fsp3) is 0.667. The molecule has 0 aliphatic rings. The van der Waals surface area contributed by atoms with Crippen molar-refractivity contribution in [3.8, 4) is 0 Å². The highest BCUT2D eigenvalue weighted by Gasteiger charge is 2.12. The van der Waals surface area contributed by atoms with E-state index in [2.05, 4.69) is 26.6 Å². The smallest absolute Gasteiger partial charge is 0.0762 e. The molecule has 0 spiro atoms. The summed E-state index contributed by atoms with van der Waals surface area (Å²) < 4.78 is 0. The normalized spacial score (nSPS) is 9.88. The lowest BCUT2D eigenvalue weighted by Gasteiger charge is -2.06. The lowest BCUT2D eigenvalue weighted by atomic mass is 10.8. The molecule has 8 heavy (non-hydrogen) atoms. The first-order valence-corrected chi connectivity index (χ1v) is 5.79. The number of hydrogen-bond donors (Lipinski definition) is 0. The maximum absolute atomic E-state index is 3.67. The lowest BCUT2D eigenvalue weighted by Crippen LogP contribution is -1.86. The number of rotatable bonds is 2. The van der Waals surface area contributed by atoms with Crippen LogP contribution in [0, 0.1) is 0 Å². The summed E-state index contributed by atoms with van der Waals surface area (Å²) in [5.74, 6) is 0. The summed E-state index contributed by atoms with van der Waals surface area (Å²) in [5, 5.41) is 0. The van der Waals surface area contributed by atoms with Crippen molar-refractivity contribution in [2.24, 2.45) is 0 Å². The average molecular weight is 134 g/mol. The van der Waals surface area contributed by atoms with Gasteiger partial charge in [-0.05, 0) is 0 Å². The van der Waals surface area contributed by atoms with E-state index in [-0.39, 0.29) is 5.48 Å². The quantitative estimate of drug-likeness (QED) is 0.419. The van der Waals surface area contributed by atoms with Crippen LogP contribution >= 0.6 is 7.26 Å². The van der Waals surface area contributed by atoms with E-state index >= 15 is 0 Å². The van der Waals surface area contributed by atoms with Crippen molar-refractivity contribution in [3.05, 3.63) is 12.7 Å². The first kappa shape index (κ1) is 11.0. The Morgan fingerprint density at radius 1 is 1.38 bits per heavy atom. The highest BCUT2D eigenvalue weighted by Crippen LogP contribution is 2.45. The predicted octanol–water partition coefficient (Wildman–Crippen LogP) is 1.90. The van der Waals surface area contributed by atoms with E-state index < -0.39 is 7.26 Å². The van der Waals surface area contributed by atoms with E-state index in [4.69, 9.17) is 0 Å². The van der Waals surface area contributed by atoms with Crippen LogP contribution in [0.5, 0.6) is 0 Å². The fourth-order valence-corrected chi connectivity index (χ4v) is 1.16. The molecule has 1 N–H and O–H groups in total. The van der Waals surface area contributed by atoms with Gasteiger partial charge in [0, 0.05) is 27.3 Å². The van der Waals surface area contributed by atoms with E-state index in [0.717, 1.165) is 0 Å². The van der Waals surface area contributed by atoms with Crippen LogP contribution < -0.4 is 0 Å². The minimum absolute atomic E-state index is 0. The van der Waals surface area contributed by atoms with Crippen molar-refractivity contribution in [2.45, 2.75) is 0 Å². The molecular weight excluding hydrogens is 119 g/mol. The molecule has 0 amide bonds. The van der Waals surface area contributed by atoms with Crippen molar-refractivity contribution >= 4 is 7.26 Å². The molecule has 0 saturated carbocycles. The van der Waals surface area contributed by atoms with Crippen LogP contribution in [0.4, 0.5) is 0 Å². The molecular formula is C6H15OP. The van der Waals surface area contributed by atoms with E-state index in [1.54, 1.807) is 0 Å². The SMILES string of the molecule is C=CC[P+](C)(C)C.[OH-]. The zero-order valence-electron chi connectivity index (χ0n) is 5.89. The van der Waals surface area contributed by atoms with Crippen LogP contribution in [-0.4, -0.2) is 31.6 Å². The highest BCUT2D eigenvalue weighted by atomic mass is 31.2. The number of allylic oxidation sites excluding steroid dienone is 1. The standard InChI is InChI=1S/C6H14P.H2O/c1-5-6-7(2,3)4;/h5H,1,6H2,2-4H3;1H2/q+1;/p-1. The van der Waals surface area contributed by atoms with Gasteiger partial charge >= 0.3 is 0 Å². The fourth-order valence-electron chi connectivity index (χ4n) is 0.387. The van der Waals surface area contributed by atoms with Crippen LogP contribution in [0.3, 0.4) is 0 Å². The third-order valence-electron chi connectivity index (χ3n) is 0.677. The van der Waals surface area contributed by atoms with Crippen molar-refractivity contribution < 1.29 is 5.48 Å². The summed E-state index contributed by atoms with van der Waals surface area (Å²) >= 11 is 0. The highest BCUT2D eigenvalue weighted by molar-refractivity contribution is 7.73. The van der Waals surface area contributed by atoms with Crippen molar-refractivity contribution in [2.75, 3.05) is 26.2 Å². The van der Waals surface area contributed by atoms with Crippen LogP contribution in [-0.2, 0) is 0 Å². The lowest BCUT2D eigenvalue weighted by molar-refractivity contribution is 0.824. The van der Waals surface area contributed by atoms with Crippen molar-refractivity contribution in [1.82, 2.24) is 0 Å². The Morgan fingerprint density at radius 2 is 1.75 bits per heavy atom. The summed E-state index contributed by atoms with van der Waals surface area (Å²) in [6, 6.07) is 0. The molecule has 50 valence electrons. The van der Waals surface area contributed by atoms with Gasteiger partial charge in [0.25, 0.3) is 0 Å².